The van der Waals surface area contributed by atoms with Crippen LogP contribution in [0.15, 0.2) is 23.2 Å². The van der Waals surface area contributed by atoms with Crippen LogP contribution < -0.4 is 0 Å². The van der Waals surface area contributed by atoms with Crippen LogP contribution in [0.25, 0.3) is 0 Å². The molecule has 1 radical (unpaired) electrons. The predicted molar refractivity (Wildman–Crippen MR) is 88.2 cm³/mol. The highest BCUT2D eigenvalue weighted by Gasteiger charge is 2.56. The number of hydrogen-bond acceptors (Lipinski definition) is 3. The van der Waals surface area contributed by atoms with Gasteiger partial charge in [0.25, 0.3) is 0 Å². The normalized spacial score (nSPS) is 19.1. The lowest BCUT2D eigenvalue weighted by Crippen LogP contribution is -2.47. The van der Waals surface area contributed by atoms with Crippen molar-refractivity contribution in [1.82, 2.24) is 5.06 Å². The fraction of sp³-hybridized carbons (Fsp3) is 0.588. The van der Waals surface area contributed by atoms with Gasteiger partial charge in [-0.1, -0.05) is 33.8 Å². The van der Waals surface area contributed by atoms with Gasteiger partial charge >= 0.3 is 0 Å². The van der Waals surface area contributed by atoms with Gasteiger partial charge in [-0.2, -0.15) is 4.99 Å². The first-order valence-corrected chi connectivity index (χ1v) is 8.17. The van der Waals surface area contributed by atoms with Crippen LogP contribution in [-0.4, -0.2) is 10.2 Å². The molecular weight excluding hydrogens is 280 g/mol. The summed E-state index contributed by atoms with van der Waals surface area (Å²) in [7, 11) is 0. The molecule has 0 saturated heterocycles. The molecule has 1 aromatic carbocycles. The van der Waals surface area contributed by atoms with Gasteiger partial charge in [0.15, 0.2) is 0 Å². The summed E-state index contributed by atoms with van der Waals surface area (Å²) in [4.78, 5) is 4.09. The first kappa shape index (κ1) is 16.3. The number of rotatable bonds is 5. The zero-order valence-electron chi connectivity index (χ0n) is 13.3. The Bertz CT molecular complexity index is 570. The maximum Gasteiger partial charge on any atom is 0.0751 e. The van der Waals surface area contributed by atoms with E-state index in [4.69, 9.17) is 12.2 Å². The van der Waals surface area contributed by atoms with Crippen molar-refractivity contribution >= 4 is 23.1 Å². The Morgan fingerprint density at radius 2 is 1.57 bits per heavy atom. The number of fused-ring (bicyclic) bond motifs is 1. The van der Waals surface area contributed by atoms with Gasteiger partial charge < -0.3 is 0 Å². The van der Waals surface area contributed by atoms with E-state index in [1.807, 2.05) is 12.1 Å². The largest absolute Gasteiger partial charge is 0.195 e. The molecule has 0 spiro atoms. The lowest BCUT2D eigenvalue weighted by molar-refractivity contribution is -0.287. The van der Waals surface area contributed by atoms with E-state index < -0.39 is 11.1 Å². The van der Waals surface area contributed by atoms with Crippen LogP contribution in [-0.2, 0) is 16.3 Å². The summed E-state index contributed by atoms with van der Waals surface area (Å²) >= 11 is 4.70. The molecule has 0 bridgehead atoms. The van der Waals surface area contributed by atoms with Crippen LogP contribution in [0.5, 0.6) is 0 Å². The van der Waals surface area contributed by atoms with E-state index in [1.165, 1.54) is 5.06 Å². The topological polar surface area (TPSA) is 35.5 Å². The zero-order chi connectivity index (χ0) is 15.7. The van der Waals surface area contributed by atoms with Crippen molar-refractivity contribution < 1.29 is 5.21 Å². The third kappa shape index (κ3) is 2.09. The second-order valence-corrected chi connectivity index (χ2v) is 5.89. The van der Waals surface area contributed by atoms with E-state index >= 15 is 0 Å². The van der Waals surface area contributed by atoms with Crippen molar-refractivity contribution in [3.8, 4) is 0 Å². The number of nitrogens with zero attached hydrogens (tertiary/aromatic N) is 2. The summed E-state index contributed by atoms with van der Waals surface area (Å²) in [6.07, 6.45) is 3.23. The van der Waals surface area contributed by atoms with Gasteiger partial charge in [0, 0.05) is 0 Å². The van der Waals surface area contributed by atoms with Crippen molar-refractivity contribution in [2.75, 3.05) is 0 Å². The Balaban J connectivity index is 2.76. The molecular formula is C17H23N2OS. The molecule has 0 N–H and O–H groups in total. The molecule has 0 atom stereocenters. The van der Waals surface area contributed by atoms with Gasteiger partial charge in [0.2, 0.25) is 0 Å². The van der Waals surface area contributed by atoms with Crippen LogP contribution in [0.3, 0.4) is 0 Å². The van der Waals surface area contributed by atoms with Crippen molar-refractivity contribution in [3.05, 3.63) is 29.3 Å². The van der Waals surface area contributed by atoms with Crippen LogP contribution in [0, 0.1) is 0 Å². The van der Waals surface area contributed by atoms with Gasteiger partial charge in [-0.15, -0.1) is 10.3 Å². The molecule has 2 rings (SSSR count). The SMILES string of the molecule is CCC1(CC)c2ccc(N=C=S)cc2C(CC)(CC)N1[O]. The summed E-state index contributed by atoms with van der Waals surface area (Å²) in [5, 5.41) is 17.0. The van der Waals surface area contributed by atoms with E-state index in [0.717, 1.165) is 42.5 Å². The minimum atomic E-state index is -0.450. The fourth-order valence-electron chi connectivity index (χ4n) is 3.91. The molecule has 21 heavy (non-hydrogen) atoms. The summed E-state index contributed by atoms with van der Waals surface area (Å²) in [6, 6.07) is 6.03. The minimum absolute atomic E-state index is 0.415. The molecule has 0 unspecified atom stereocenters. The summed E-state index contributed by atoms with van der Waals surface area (Å²) in [6.45, 7) is 8.38. The molecule has 1 heterocycles. The Morgan fingerprint density at radius 1 is 1.05 bits per heavy atom. The molecule has 0 aromatic heterocycles. The molecule has 0 fully saturated rings. The fourth-order valence-corrected chi connectivity index (χ4v) is 4.02. The second kappa shape index (κ2) is 5.98. The number of thiocarbonyl (C=S) groups is 1. The van der Waals surface area contributed by atoms with E-state index in [-0.39, 0.29) is 0 Å². The Morgan fingerprint density at radius 3 is 2.05 bits per heavy atom. The third-order valence-electron chi connectivity index (χ3n) is 5.30. The zero-order valence-corrected chi connectivity index (χ0v) is 14.1. The summed E-state index contributed by atoms with van der Waals surface area (Å²) in [5.74, 6) is 0. The van der Waals surface area contributed by atoms with Crippen molar-refractivity contribution in [1.29, 1.82) is 0 Å². The highest BCUT2D eigenvalue weighted by molar-refractivity contribution is 7.78. The lowest BCUT2D eigenvalue weighted by atomic mass is 9.82. The molecule has 4 heteroatoms. The number of benzene rings is 1. The van der Waals surface area contributed by atoms with E-state index in [0.29, 0.717) is 0 Å². The second-order valence-electron chi connectivity index (χ2n) is 5.70. The molecule has 0 amide bonds. The minimum Gasteiger partial charge on any atom is -0.195 e. The average Bonchev–Trinajstić information content (AvgIpc) is 2.73. The maximum absolute atomic E-state index is 13.2. The highest BCUT2D eigenvalue weighted by atomic mass is 32.1. The molecule has 1 aromatic rings. The number of hydrogen-bond donors (Lipinski definition) is 0. The Labute approximate surface area is 132 Å². The number of isothiocyanates is 1. The third-order valence-corrected chi connectivity index (χ3v) is 5.39. The molecule has 113 valence electrons. The molecule has 1 aliphatic rings. The van der Waals surface area contributed by atoms with Crippen LogP contribution >= 0.6 is 12.2 Å². The van der Waals surface area contributed by atoms with Crippen molar-refractivity contribution in [2.45, 2.75) is 64.5 Å². The lowest BCUT2D eigenvalue weighted by Gasteiger charge is -2.40. The summed E-state index contributed by atoms with van der Waals surface area (Å²) < 4.78 is 0. The number of hydroxylamine groups is 2. The predicted octanol–water partition coefficient (Wildman–Crippen LogP) is 5.11. The Hall–Kier alpha value is -1.06. The first-order valence-electron chi connectivity index (χ1n) is 7.76. The van der Waals surface area contributed by atoms with Gasteiger partial charge in [-0.05, 0) is 61.2 Å². The maximum atomic E-state index is 13.2. The molecule has 3 nitrogen and oxygen atoms in total. The molecule has 0 saturated carbocycles. The monoisotopic (exact) mass is 303 g/mol. The molecule has 0 aliphatic carbocycles. The number of aliphatic imine (C=N–C) groups is 1. The first-order chi connectivity index (χ1) is 10.1. The van der Waals surface area contributed by atoms with Crippen molar-refractivity contribution in [3.63, 3.8) is 0 Å². The smallest absolute Gasteiger partial charge is 0.0751 e. The quantitative estimate of drug-likeness (QED) is 0.559. The van der Waals surface area contributed by atoms with Crippen LogP contribution in [0.4, 0.5) is 5.69 Å². The van der Waals surface area contributed by atoms with E-state index in [1.54, 1.807) is 0 Å². The van der Waals surface area contributed by atoms with Crippen LogP contribution in [0.1, 0.15) is 64.5 Å². The van der Waals surface area contributed by atoms with Gasteiger partial charge in [-0.3, -0.25) is 0 Å². The summed E-state index contributed by atoms with van der Waals surface area (Å²) in [5.41, 5.74) is 2.20. The Kier molecular flexibility index (Phi) is 4.64. The highest BCUT2D eigenvalue weighted by Crippen LogP contribution is 2.55. The van der Waals surface area contributed by atoms with Gasteiger partial charge in [0.1, 0.15) is 0 Å². The standard InChI is InChI=1S/C17H23N2OS/c1-5-16(6-2)14-10-9-13(18-12-21)11-15(14)17(7-3,8-4)19(16)20/h9-11H,5-8H2,1-4H3. The van der Waals surface area contributed by atoms with E-state index in [9.17, 15) is 5.21 Å². The van der Waals surface area contributed by atoms with Crippen LogP contribution in [0.2, 0.25) is 0 Å². The van der Waals surface area contributed by atoms with Gasteiger partial charge in [-0.25, -0.2) is 0 Å². The van der Waals surface area contributed by atoms with E-state index in [2.05, 4.69) is 43.9 Å². The average molecular weight is 303 g/mol. The molecule has 1 aliphatic heterocycles. The van der Waals surface area contributed by atoms with Crippen molar-refractivity contribution in [2.24, 2.45) is 4.99 Å². The van der Waals surface area contributed by atoms with Gasteiger partial charge in [0.05, 0.1) is 21.9 Å².